The second-order valence-corrected chi connectivity index (χ2v) is 6.69. The topological polar surface area (TPSA) is 92.8 Å². The Kier molecular flexibility index (Phi) is 5.17. The summed E-state index contributed by atoms with van der Waals surface area (Å²) in [4.78, 5) is 49.4. The minimum absolute atomic E-state index is 0.103. The highest BCUT2D eigenvalue weighted by Crippen LogP contribution is 2.30. The second-order valence-electron chi connectivity index (χ2n) is 5.90. The standard InChI is InChI=1S/C17H17BrN2O5/c18-7-1-2-8-25-10-3-4-11-12(9-10)17(24)20(16(11)23)13-5-6-14(21)19-15(13)22/h3-4,9,13H,1-2,5-8H2,(H,19,21,22). The fourth-order valence-electron chi connectivity index (χ4n) is 2.93. The Hall–Kier alpha value is -2.22. The summed E-state index contributed by atoms with van der Waals surface area (Å²) in [5.41, 5.74) is 0.482. The van der Waals surface area contributed by atoms with Crippen molar-refractivity contribution in [2.75, 3.05) is 11.9 Å². The molecule has 0 aromatic heterocycles. The van der Waals surface area contributed by atoms with Crippen molar-refractivity contribution in [2.24, 2.45) is 0 Å². The molecule has 1 N–H and O–H groups in total. The molecule has 1 aromatic carbocycles. The molecular weight excluding hydrogens is 392 g/mol. The molecule has 0 bridgehead atoms. The molecule has 25 heavy (non-hydrogen) atoms. The SMILES string of the molecule is O=C1CCC(N2C(=O)c3ccc(OCCCCBr)cc3C2=O)C(=O)N1. The van der Waals surface area contributed by atoms with Crippen molar-refractivity contribution in [2.45, 2.75) is 31.7 Å². The van der Waals surface area contributed by atoms with Crippen LogP contribution in [0, 0.1) is 0 Å². The molecule has 4 amide bonds. The molecule has 0 saturated carbocycles. The highest BCUT2D eigenvalue weighted by molar-refractivity contribution is 9.09. The molecule has 1 saturated heterocycles. The van der Waals surface area contributed by atoms with Gasteiger partial charge in [0, 0.05) is 11.8 Å². The molecule has 2 heterocycles. The summed E-state index contributed by atoms with van der Waals surface area (Å²) >= 11 is 3.35. The van der Waals surface area contributed by atoms with Gasteiger partial charge in [-0.3, -0.25) is 29.4 Å². The van der Waals surface area contributed by atoms with Gasteiger partial charge in [0.15, 0.2) is 0 Å². The van der Waals surface area contributed by atoms with Crippen LogP contribution < -0.4 is 10.1 Å². The van der Waals surface area contributed by atoms with E-state index in [1.165, 1.54) is 6.07 Å². The number of amides is 4. The van der Waals surface area contributed by atoms with Crippen LogP contribution in [0.4, 0.5) is 0 Å². The lowest BCUT2D eigenvalue weighted by Crippen LogP contribution is -2.54. The van der Waals surface area contributed by atoms with Gasteiger partial charge in [0.2, 0.25) is 11.8 Å². The van der Waals surface area contributed by atoms with E-state index in [4.69, 9.17) is 4.74 Å². The van der Waals surface area contributed by atoms with Crippen LogP contribution >= 0.6 is 15.9 Å². The first-order chi connectivity index (χ1) is 12.0. The van der Waals surface area contributed by atoms with E-state index in [9.17, 15) is 19.2 Å². The van der Waals surface area contributed by atoms with E-state index in [0.717, 1.165) is 23.1 Å². The maximum Gasteiger partial charge on any atom is 0.262 e. The van der Waals surface area contributed by atoms with Gasteiger partial charge in [0.1, 0.15) is 11.8 Å². The van der Waals surface area contributed by atoms with Crippen molar-refractivity contribution in [3.8, 4) is 5.75 Å². The number of carbonyl (C=O) groups excluding carboxylic acids is 4. The van der Waals surface area contributed by atoms with Crippen LogP contribution in [0.15, 0.2) is 18.2 Å². The van der Waals surface area contributed by atoms with Gasteiger partial charge < -0.3 is 4.74 Å². The summed E-state index contributed by atoms with van der Waals surface area (Å²) in [6.45, 7) is 0.517. The summed E-state index contributed by atoms with van der Waals surface area (Å²) in [5, 5.41) is 3.07. The van der Waals surface area contributed by atoms with E-state index in [2.05, 4.69) is 21.2 Å². The lowest BCUT2D eigenvalue weighted by atomic mass is 10.0. The Balaban J connectivity index is 1.77. The number of nitrogens with one attached hydrogen (secondary N) is 1. The fraction of sp³-hybridized carbons (Fsp3) is 0.412. The van der Waals surface area contributed by atoms with Crippen molar-refractivity contribution in [3.05, 3.63) is 29.3 Å². The molecule has 1 unspecified atom stereocenters. The zero-order valence-electron chi connectivity index (χ0n) is 13.4. The summed E-state index contributed by atoms with van der Waals surface area (Å²) in [5.74, 6) is -1.53. The Morgan fingerprint density at radius 1 is 1.12 bits per heavy atom. The Morgan fingerprint density at radius 3 is 2.60 bits per heavy atom. The van der Waals surface area contributed by atoms with Gasteiger partial charge in [0.25, 0.3) is 11.8 Å². The minimum Gasteiger partial charge on any atom is -0.494 e. The number of alkyl halides is 1. The highest BCUT2D eigenvalue weighted by atomic mass is 79.9. The third-order valence-corrected chi connectivity index (χ3v) is 4.77. The number of unbranched alkanes of at least 4 members (excludes halogenated alkanes) is 1. The number of hydrogen-bond donors (Lipinski definition) is 1. The number of carbonyl (C=O) groups is 4. The summed E-state index contributed by atoms with van der Waals surface area (Å²) < 4.78 is 5.61. The van der Waals surface area contributed by atoms with E-state index in [0.29, 0.717) is 12.4 Å². The number of hydrogen-bond acceptors (Lipinski definition) is 5. The average molecular weight is 409 g/mol. The molecule has 1 fully saturated rings. The van der Waals surface area contributed by atoms with Crippen molar-refractivity contribution in [3.63, 3.8) is 0 Å². The van der Waals surface area contributed by atoms with Gasteiger partial charge >= 0.3 is 0 Å². The lowest BCUT2D eigenvalue weighted by molar-refractivity contribution is -0.136. The van der Waals surface area contributed by atoms with Gasteiger partial charge in [-0.25, -0.2) is 0 Å². The van der Waals surface area contributed by atoms with Crippen LogP contribution in [-0.2, 0) is 9.59 Å². The van der Waals surface area contributed by atoms with Crippen molar-refractivity contribution in [1.82, 2.24) is 10.2 Å². The van der Waals surface area contributed by atoms with Gasteiger partial charge in [0.05, 0.1) is 17.7 Å². The Bertz CT molecular complexity index is 749. The first kappa shape index (κ1) is 17.6. The third kappa shape index (κ3) is 3.44. The predicted octanol–water partition coefficient (Wildman–Crippen LogP) is 1.64. The molecule has 7 nitrogen and oxygen atoms in total. The number of halogens is 1. The quantitative estimate of drug-likeness (QED) is 0.438. The van der Waals surface area contributed by atoms with E-state index in [1.54, 1.807) is 12.1 Å². The van der Waals surface area contributed by atoms with E-state index in [1.807, 2.05) is 0 Å². The molecule has 1 atom stereocenters. The predicted molar refractivity (Wildman–Crippen MR) is 91.6 cm³/mol. The molecule has 2 aliphatic heterocycles. The Morgan fingerprint density at radius 2 is 1.88 bits per heavy atom. The number of imide groups is 2. The number of rotatable bonds is 6. The second kappa shape index (κ2) is 7.35. The number of nitrogens with zero attached hydrogens (tertiary/aromatic N) is 1. The monoisotopic (exact) mass is 408 g/mol. The molecule has 8 heteroatoms. The maximum atomic E-state index is 12.6. The summed E-state index contributed by atoms with van der Waals surface area (Å²) in [6, 6.07) is 3.77. The van der Waals surface area contributed by atoms with Gasteiger partial charge in [-0.05, 0) is 37.5 Å². The first-order valence-electron chi connectivity index (χ1n) is 8.07. The van der Waals surface area contributed by atoms with Crippen LogP contribution in [0.2, 0.25) is 0 Å². The average Bonchev–Trinajstić information content (AvgIpc) is 2.83. The zero-order chi connectivity index (χ0) is 18.0. The van der Waals surface area contributed by atoms with Crippen LogP contribution in [0.25, 0.3) is 0 Å². The fourth-order valence-corrected chi connectivity index (χ4v) is 3.32. The highest BCUT2D eigenvalue weighted by Gasteiger charge is 2.44. The molecule has 132 valence electrons. The van der Waals surface area contributed by atoms with Crippen molar-refractivity contribution in [1.29, 1.82) is 0 Å². The van der Waals surface area contributed by atoms with Crippen LogP contribution in [-0.4, -0.2) is 46.5 Å². The molecule has 2 aliphatic rings. The smallest absolute Gasteiger partial charge is 0.262 e. The van der Waals surface area contributed by atoms with Crippen molar-refractivity contribution >= 4 is 39.6 Å². The van der Waals surface area contributed by atoms with Crippen molar-refractivity contribution < 1.29 is 23.9 Å². The largest absolute Gasteiger partial charge is 0.494 e. The minimum atomic E-state index is -0.951. The maximum absolute atomic E-state index is 12.6. The summed E-state index contributed by atoms with van der Waals surface area (Å²) in [6.07, 6.45) is 2.10. The number of benzene rings is 1. The Labute approximate surface area is 152 Å². The van der Waals surface area contributed by atoms with Crippen LogP contribution in [0.1, 0.15) is 46.4 Å². The van der Waals surface area contributed by atoms with Gasteiger partial charge in [-0.2, -0.15) is 0 Å². The lowest BCUT2D eigenvalue weighted by Gasteiger charge is -2.27. The molecule has 3 rings (SSSR count). The zero-order valence-corrected chi connectivity index (χ0v) is 15.0. The van der Waals surface area contributed by atoms with E-state index < -0.39 is 29.7 Å². The number of ether oxygens (including phenoxy) is 1. The van der Waals surface area contributed by atoms with Gasteiger partial charge in [-0.1, -0.05) is 15.9 Å². The van der Waals surface area contributed by atoms with E-state index in [-0.39, 0.29) is 24.0 Å². The van der Waals surface area contributed by atoms with Crippen LogP contribution in [0.5, 0.6) is 5.75 Å². The van der Waals surface area contributed by atoms with Gasteiger partial charge in [-0.15, -0.1) is 0 Å². The third-order valence-electron chi connectivity index (χ3n) is 4.21. The summed E-state index contributed by atoms with van der Waals surface area (Å²) in [7, 11) is 0. The normalized spacial score (nSPS) is 19.9. The van der Waals surface area contributed by atoms with Crippen LogP contribution in [0.3, 0.4) is 0 Å². The first-order valence-corrected chi connectivity index (χ1v) is 9.19. The molecule has 0 aliphatic carbocycles. The number of fused-ring (bicyclic) bond motifs is 1. The molecule has 1 aromatic rings. The molecule has 0 radical (unpaired) electrons. The van der Waals surface area contributed by atoms with E-state index >= 15 is 0 Å². The number of piperidine rings is 1. The molecule has 0 spiro atoms. The molecular formula is C17H17BrN2O5.